The molecule has 0 radical (unpaired) electrons. The first-order valence-electron chi connectivity index (χ1n) is 6.96. The summed E-state index contributed by atoms with van der Waals surface area (Å²) in [5, 5.41) is 11.8. The van der Waals surface area contributed by atoms with Gasteiger partial charge in [0.2, 0.25) is 11.8 Å². The molecule has 0 unspecified atom stereocenters. The molecule has 1 aromatic rings. The Balaban J connectivity index is 2.11. The van der Waals surface area contributed by atoms with E-state index in [4.69, 9.17) is 5.11 Å². The maximum absolute atomic E-state index is 12.0. The number of anilines is 1. The van der Waals surface area contributed by atoms with E-state index in [2.05, 4.69) is 5.32 Å². The number of hydrogen-bond acceptors (Lipinski definition) is 3. The third-order valence-corrected chi connectivity index (χ3v) is 3.42. The molecular formula is C15H18N2O4. The van der Waals surface area contributed by atoms with Crippen LogP contribution in [0.1, 0.15) is 35.7 Å². The van der Waals surface area contributed by atoms with Crippen molar-refractivity contribution in [2.75, 3.05) is 18.0 Å². The first kappa shape index (κ1) is 15.0. The maximum Gasteiger partial charge on any atom is 0.335 e. The van der Waals surface area contributed by atoms with Crippen molar-refractivity contribution in [3.63, 3.8) is 0 Å². The third-order valence-electron chi connectivity index (χ3n) is 3.42. The monoisotopic (exact) mass is 290 g/mol. The van der Waals surface area contributed by atoms with E-state index < -0.39 is 5.97 Å². The van der Waals surface area contributed by atoms with Gasteiger partial charge in [-0.3, -0.25) is 9.59 Å². The second-order valence-corrected chi connectivity index (χ2v) is 5.01. The summed E-state index contributed by atoms with van der Waals surface area (Å²) < 4.78 is 0. The molecule has 0 saturated carbocycles. The van der Waals surface area contributed by atoms with Gasteiger partial charge in [-0.1, -0.05) is 19.4 Å². The van der Waals surface area contributed by atoms with Crippen LogP contribution in [0.2, 0.25) is 0 Å². The van der Waals surface area contributed by atoms with Gasteiger partial charge in [0.25, 0.3) is 0 Å². The Labute approximate surface area is 122 Å². The van der Waals surface area contributed by atoms with Crippen LogP contribution in [0.15, 0.2) is 18.2 Å². The van der Waals surface area contributed by atoms with E-state index in [1.165, 1.54) is 17.0 Å². The van der Waals surface area contributed by atoms with Crippen LogP contribution in [0.25, 0.3) is 0 Å². The van der Waals surface area contributed by atoms with Gasteiger partial charge in [0.1, 0.15) is 6.54 Å². The number of carboxylic acids is 1. The molecule has 2 rings (SSSR count). The Morgan fingerprint density at radius 3 is 2.81 bits per heavy atom. The lowest BCUT2D eigenvalue weighted by molar-refractivity contribution is -0.123. The van der Waals surface area contributed by atoms with Crippen LogP contribution in [0.3, 0.4) is 0 Å². The highest BCUT2D eigenvalue weighted by molar-refractivity contribution is 6.06. The minimum atomic E-state index is -1.05. The van der Waals surface area contributed by atoms with Crippen molar-refractivity contribution in [3.05, 3.63) is 29.3 Å². The number of nitrogens with zero attached hydrogens (tertiary/aromatic N) is 1. The second kappa shape index (κ2) is 6.39. The van der Waals surface area contributed by atoms with Crippen molar-refractivity contribution < 1.29 is 19.5 Å². The predicted octanol–water partition coefficient (Wildman–Crippen LogP) is 1.19. The number of rotatable bonds is 6. The highest BCUT2D eigenvalue weighted by atomic mass is 16.4. The summed E-state index contributed by atoms with van der Waals surface area (Å²) >= 11 is 0. The molecule has 0 saturated heterocycles. The van der Waals surface area contributed by atoms with E-state index in [-0.39, 0.29) is 30.3 Å². The van der Waals surface area contributed by atoms with Gasteiger partial charge in [-0.05, 0) is 24.1 Å². The topological polar surface area (TPSA) is 86.7 Å². The van der Waals surface area contributed by atoms with Crippen molar-refractivity contribution >= 4 is 23.5 Å². The minimum Gasteiger partial charge on any atom is -0.478 e. The number of nitrogens with one attached hydrogen (secondary N) is 1. The van der Waals surface area contributed by atoms with Crippen LogP contribution in [0, 0.1) is 0 Å². The zero-order valence-corrected chi connectivity index (χ0v) is 11.9. The van der Waals surface area contributed by atoms with Gasteiger partial charge in [0.15, 0.2) is 0 Å². The fraction of sp³-hybridized carbons (Fsp3) is 0.400. The van der Waals surface area contributed by atoms with Crippen molar-refractivity contribution in [1.82, 2.24) is 5.32 Å². The molecule has 1 heterocycles. The number of carbonyl (C=O) groups is 3. The molecular weight excluding hydrogens is 272 g/mol. The molecule has 21 heavy (non-hydrogen) atoms. The third kappa shape index (κ3) is 3.39. The zero-order valence-electron chi connectivity index (χ0n) is 11.9. The Morgan fingerprint density at radius 2 is 2.14 bits per heavy atom. The number of amides is 2. The Bertz CT molecular complexity index is 583. The van der Waals surface area contributed by atoms with E-state index in [0.717, 1.165) is 18.4 Å². The molecule has 0 aromatic heterocycles. The molecule has 0 aliphatic carbocycles. The quantitative estimate of drug-likeness (QED) is 0.770. The molecule has 1 aromatic carbocycles. The number of hydrogen-bond donors (Lipinski definition) is 2. The summed E-state index contributed by atoms with van der Waals surface area (Å²) in [4.78, 5) is 36.2. The normalized spacial score (nSPS) is 13.2. The van der Waals surface area contributed by atoms with E-state index in [9.17, 15) is 14.4 Å². The molecule has 0 atom stereocenters. The van der Waals surface area contributed by atoms with E-state index in [1.54, 1.807) is 6.07 Å². The number of aromatic carboxylic acids is 1. The van der Waals surface area contributed by atoms with Crippen LogP contribution in [0.4, 0.5) is 5.69 Å². The maximum atomic E-state index is 12.0. The molecule has 112 valence electrons. The molecule has 0 spiro atoms. The lowest BCUT2D eigenvalue weighted by atomic mass is 10.1. The standard InChI is InChI=1S/C15H18N2O4/c1-2-3-6-16-13(18)9-17-12-7-11(15(20)21)5-4-10(12)8-14(17)19/h4-5,7H,2-3,6,8-9H2,1H3,(H,16,18)(H,20,21). The predicted molar refractivity (Wildman–Crippen MR) is 77.4 cm³/mol. The van der Waals surface area contributed by atoms with Gasteiger partial charge in [0, 0.05) is 12.2 Å². The summed E-state index contributed by atoms with van der Waals surface area (Å²) in [5.74, 6) is -1.46. The summed E-state index contributed by atoms with van der Waals surface area (Å²) in [5.41, 5.74) is 1.39. The summed E-state index contributed by atoms with van der Waals surface area (Å²) in [6.45, 7) is 2.54. The molecule has 0 bridgehead atoms. The SMILES string of the molecule is CCCCNC(=O)CN1C(=O)Cc2ccc(C(=O)O)cc21. The van der Waals surface area contributed by atoms with Crippen molar-refractivity contribution in [3.8, 4) is 0 Å². The van der Waals surface area contributed by atoms with Crippen molar-refractivity contribution in [2.24, 2.45) is 0 Å². The van der Waals surface area contributed by atoms with E-state index >= 15 is 0 Å². The smallest absolute Gasteiger partial charge is 0.335 e. The van der Waals surface area contributed by atoms with Crippen LogP contribution < -0.4 is 10.2 Å². The average molecular weight is 290 g/mol. The lowest BCUT2D eigenvalue weighted by Crippen LogP contribution is -2.39. The fourth-order valence-electron chi connectivity index (χ4n) is 2.27. The van der Waals surface area contributed by atoms with E-state index in [0.29, 0.717) is 12.2 Å². The van der Waals surface area contributed by atoms with Gasteiger partial charge in [-0.25, -0.2) is 4.79 Å². The van der Waals surface area contributed by atoms with Crippen LogP contribution in [-0.4, -0.2) is 36.0 Å². The number of fused-ring (bicyclic) bond motifs is 1. The van der Waals surface area contributed by atoms with Gasteiger partial charge in [-0.2, -0.15) is 0 Å². The molecule has 2 amide bonds. The first-order chi connectivity index (χ1) is 10.0. The number of unbranched alkanes of at least 4 members (excludes halogenated alkanes) is 1. The van der Waals surface area contributed by atoms with Crippen molar-refractivity contribution in [1.29, 1.82) is 0 Å². The summed E-state index contributed by atoms with van der Waals surface area (Å²) in [7, 11) is 0. The van der Waals surface area contributed by atoms with Gasteiger partial charge < -0.3 is 15.3 Å². The Kier molecular flexibility index (Phi) is 4.57. The second-order valence-electron chi connectivity index (χ2n) is 5.01. The van der Waals surface area contributed by atoms with Gasteiger partial charge in [0.05, 0.1) is 12.0 Å². The number of carbonyl (C=O) groups excluding carboxylic acids is 2. The first-order valence-corrected chi connectivity index (χ1v) is 6.96. The highest BCUT2D eigenvalue weighted by Gasteiger charge is 2.29. The zero-order chi connectivity index (χ0) is 15.4. The molecule has 1 aliphatic heterocycles. The van der Waals surface area contributed by atoms with Crippen LogP contribution >= 0.6 is 0 Å². The number of benzene rings is 1. The van der Waals surface area contributed by atoms with Crippen LogP contribution in [0.5, 0.6) is 0 Å². The van der Waals surface area contributed by atoms with Crippen molar-refractivity contribution in [2.45, 2.75) is 26.2 Å². The molecule has 0 fully saturated rings. The molecule has 6 heteroatoms. The minimum absolute atomic E-state index is 0.0708. The Morgan fingerprint density at radius 1 is 1.38 bits per heavy atom. The van der Waals surface area contributed by atoms with Crippen LogP contribution in [-0.2, 0) is 16.0 Å². The highest BCUT2D eigenvalue weighted by Crippen LogP contribution is 2.29. The average Bonchev–Trinajstić information content (AvgIpc) is 2.74. The summed E-state index contributed by atoms with van der Waals surface area (Å²) in [6.07, 6.45) is 2.07. The summed E-state index contributed by atoms with van der Waals surface area (Å²) in [6, 6.07) is 4.55. The molecule has 1 aliphatic rings. The van der Waals surface area contributed by atoms with Gasteiger partial charge in [-0.15, -0.1) is 0 Å². The fourth-order valence-corrected chi connectivity index (χ4v) is 2.27. The molecule has 6 nitrogen and oxygen atoms in total. The van der Waals surface area contributed by atoms with E-state index in [1.807, 2.05) is 6.92 Å². The lowest BCUT2D eigenvalue weighted by Gasteiger charge is -2.17. The Hall–Kier alpha value is -2.37. The molecule has 2 N–H and O–H groups in total. The largest absolute Gasteiger partial charge is 0.478 e. The number of carboxylic acid groups (broad SMARTS) is 1. The van der Waals surface area contributed by atoms with Gasteiger partial charge >= 0.3 is 5.97 Å².